The number of rotatable bonds is 1. The first-order valence-electron chi connectivity index (χ1n) is 4.72. The molecule has 15 heavy (non-hydrogen) atoms. The summed E-state index contributed by atoms with van der Waals surface area (Å²) in [5.41, 5.74) is 0.461. The molecule has 1 aliphatic rings. The van der Waals surface area contributed by atoms with Gasteiger partial charge in [-0.2, -0.15) is 0 Å². The van der Waals surface area contributed by atoms with Crippen molar-refractivity contribution in [3.63, 3.8) is 0 Å². The largest absolute Gasteiger partial charge is 0.336 e. The van der Waals surface area contributed by atoms with Crippen LogP contribution >= 0.6 is 27.5 Å². The van der Waals surface area contributed by atoms with Crippen LogP contribution in [0.5, 0.6) is 0 Å². The highest BCUT2D eigenvalue weighted by Crippen LogP contribution is 2.20. The number of hydrogen-bond acceptors (Lipinski definition) is 2. The molecule has 1 amide bonds. The van der Waals surface area contributed by atoms with Crippen LogP contribution in [0.25, 0.3) is 0 Å². The van der Waals surface area contributed by atoms with Crippen LogP contribution in [0.3, 0.4) is 0 Å². The molecule has 1 atom stereocenters. The minimum atomic E-state index is -0.0503. The normalized spacial score (nSPS) is 20.7. The van der Waals surface area contributed by atoms with Crippen LogP contribution < -0.4 is 0 Å². The predicted molar refractivity (Wildman–Crippen MR) is 62.1 cm³/mol. The molecule has 0 N–H and O–H groups in total. The summed E-state index contributed by atoms with van der Waals surface area (Å²) >= 11 is 9.27. The van der Waals surface area contributed by atoms with Gasteiger partial charge in [-0.1, -0.05) is 0 Å². The van der Waals surface area contributed by atoms with Crippen molar-refractivity contribution in [1.82, 2.24) is 9.88 Å². The second-order valence-corrected chi connectivity index (χ2v) is 4.94. The van der Waals surface area contributed by atoms with Crippen LogP contribution in [0.1, 0.15) is 16.9 Å². The van der Waals surface area contributed by atoms with Gasteiger partial charge in [0.1, 0.15) is 5.69 Å². The molecule has 1 aromatic heterocycles. The van der Waals surface area contributed by atoms with Gasteiger partial charge in [0.2, 0.25) is 0 Å². The number of likely N-dealkylation sites (tertiary alicyclic amines) is 1. The SMILES string of the molecule is O=C(c1ncccc1Br)N1CCC(Cl)C1. The smallest absolute Gasteiger partial charge is 0.273 e. The zero-order valence-electron chi connectivity index (χ0n) is 7.99. The Morgan fingerprint density at radius 1 is 1.67 bits per heavy atom. The number of nitrogens with zero attached hydrogens (tertiary/aromatic N) is 2. The Morgan fingerprint density at radius 2 is 2.47 bits per heavy atom. The van der Waals surface area contributed by atoms with Gasteiger partial charge in [0.15, 0.2) is 0 Å². The molecule has 1 unspecified atom stereocenters. The van der Waals surface area contributed by atoms with E-state index in [2.05, 4.69) is 20.9 Å². The van der Waals surface area contributed by atoms with Crippen molar-refractivity contribution in [1.29, 1.82) is 0 Å². The third-order valence-electron chi connectivity index (χ3n) is 2.38. The third-order valence-corrected chi connectivity index (χ3v) is 3.38. The molecule has 0 aromatic carbocycles. The van der Waals surface area contributed by atoms with Gasteiger partial charge in [-0.3, -0.25) is 4.79 Å². The fourth-order valence-corrected chi connectivity index (χ4v) is 2.28. The monoisotopic (exact) mass is 288 g/mol. The number of carbonyl (C=O) groups is 1. The molecule has 0 radical (unpaired) electrons. The van der Waals surface area contributed by atoms with Crippen LogP contribution in [0.15, 0.2) is 22.8 Å². The number of pyridine rings is 1. The lowest BCUT2D eigenvalue weighted by Gasteiger charge is -2.15. The van der Waals surface area contributed by atoms with Crippen LogP contribution in [0, 0.1) is 0 Å². The summed E-state index contributed by atoms with van der Waals surface area (Å²) in [6.07, 6.45) is 2.48. The van der Waals surface area contributed by atoms with Gasteiger partial charge < -0.3 is 4.90 Å². The summed E-state index contributed by atoms with van der Waals surface area (Å²) in [6, 6.07) is 3.60. The van der Waals surface area contributed by atoms with Gasteiger partial charge in [0, 0.05) is 23.8 Å². The molecule has 0 bridgehead atoms. The molecule has 2 heterocycles. The van der Waals surface area contributed by atoms with E-state index >= 15 is 0 Å². The fourth-order valence-electron chi connectivity index (χ4n) is 1.59. The molecule has 2 rings (SSSR count). The quantitative estimate of drug-likeness (QED) is 0.743. The van der Waals surface area contributed by atoms with E-state index in [1.807, 2.05) is 6.07 Å². The average molecular weight is 290 g/mol. The van der Waals surface area contributed by atoms with Gasteiger partial charge in [-0.25, -0.2) is 4.98 Å². The summed E-state index contributed by atoms with van der Waals surface area (Å²) < 4.78 is 0.730. The van der Waals surface area contributed by atoms with Crippen molar-refractivity contribution >= 4 is 33.4 Å². The van der Waals surface area contributed by atoms with E-state index in [0.717, 1.165) is 17.4 Å². The van der Waals surface area contributed by atoms with Crippen LogP contribution in [0.4, 0.5) is 0 Å². The minimum absolute atomic E-state index is 0.0503. The first kappa shape index (κ1) is 10.9. The lowest BCUT2D eigenvalue weighted by molar-refractivity contribution is 0.0786. The second kappa shape index (κ2) is 4.49. The molecule has 1 saturated heterocycles. The van der Waals surface area contributed by atoms with Crippen molar-refractivity contribution in [2.45, 2.75) is 11.8 Å². The molecule has 0 spiro atoms. The summed E-state index contributed by atoms with van der Waals surface area (Å²) in [5.74, 6) is -0.0503. The van der Waals surface area contributed by atoms with Gasteiger partial charge in [-0.05, 0) is 34.5 Å². The number of amides is 1. The molecule has 1 fully saturated rings. The minimum Gasteiger partial charge on any atom is -0.336 e. The maximum atomic E-state index is 12.0. The van der Waals surface area contributed by atoms with E-state index in [1.165, 1.54) is 0 Å². The molecular weight excluding hydrogens is 279 g/mol. The van der Waals surface area contributed by atoms with Gasteiger partial charge in [-0.15, -0.1) is 11.6 Å². The molecule has 80 valence electrons. The topological polar surface area (TPSA) is 33.2 Å². The third kappa shape index (κ3) is 2.32. The summed E-state index contributed by atoms with van der Waals surface area (Å²) in [5, 5.41) is 0.0800. The van der Waals surface area contributed by atoms with Gasteiger partial charge in [0.05, 0.1) is 5.38 Å². The molecule has 0 aliphatic carbocycles. The van der Waals surface area contributed by atoms with Crippen LogP contribution in [0.2, 0.25) is 0 Å². The Bertz CT molecular complexity index is 385. The standard InChI is InChI=1S/C10H10BrClN2O/c11-8-2-1-4-13-9(8)10(15)14-5-3-7(12)6-14/h1-2,4,7H,3,5-6H2. The molecule has 3 nitrogen and oxygen atoms in total. The van der Waals surface area contributed by atoms with Crippen molar-refractivity contribution in [3.05, 3.63) is 28.5 Å². The Morgan fingerprint density at radius 3 is 3.07 bits per heavy atom. The Labute approximate surface area is 102 Å². The highest BCUT2D eigenvalue weighted by molar-refractivity contribution is 9.10. The van der Waals surface area contributed by atoms with E-state index in [4.69, 9.17) is 11.6 Å². The molecular formula is C10H10BrClN2O. The van der Waals surface area contributed by atoms with Crippen LogP contribution in [-0.4, -0.2) is 34.3 Å². The van der Waals surface area contributed by atoms with E-state index in [-0.39, 0.29) is 11.3 Å². The number of hydrogen-bond donors (Lipinski definition) is 0. The summed E-state index contributed by atoms with van der Waals surface area (Å²) in [4.78, 5) is 17.8. The summed E-state index contributed by atoms with van der Waals surface area (Å²) in [6.45, 7) is 1.33. The molecule has 5 heteroatoms. The first-order valence-corrected chi connectivity index (χ1v) is 5.95. The molecule has 1 aliphatic heterocycles. The summed E-state index contributed by atoms with van der Waals surface area (Å²) in [7, 11) is 0. The van der Waals surface area contributed by atoms with E-state index in [9.17, 15) is 4.79 Å². The van der Waals surface area contributed by atoms with Gasteiger partial charge >= 0.3 is 0 Å². The zero-order valence-corrected chi connectivity index (χ0v) is 10.3. The van der Waals surface area contributed by atoms with Crippen molar-refractivity contribution in [2.75, 3.05) is 13.1 Å². The Hall–Kier alpha value is -0.610. The van der Waals surface area contributed by atoms with Crippen molar-refractivity contribution in [2.24, 2.45) is 0 Å². The first-order chi connectivity index (χ1) is 7.18. The second-order valence-electron chi connectivity index (χ2n) is 3.47. The predicted octanol–water partition coefficient (Wildman–Crippen LogP) is 2.30. The average Bonchev–Trinajstić information content (AvgIpc) is 2.65. The highest BCUT2D eigenvalue weighted by Gasteiger charge is 2.27. The van der Waals surface area contributed by atoms with Gasteiger partial charge in [0.25, 0.3) is 5.91 Å². The van der Waals surface area contributed by atoms with Crippen LogP contribution in [-0.2, 0) is 0 Å². The number of aromatic nitrogens is 1. The Balaban J connectivity index is 2.18. The van der Waals surface area contributed by atoms with Crippen molar-refractivity contribution in [3.8, 4) is 0 Å². The maximum Gasteiger partial charge on any atom is 0.273 e. The van der Waals surface area contributed by atoms with Crippen molar-refractivity contribution < 1.29 is 4.79 Å². The van der Waals surface area contributed by atoms with E-state index < -0.39 is 0 Å². The van der Waals surface area contributed by atoms with E-state index in [1.54, 1.807) is 17.2 Å². The number of carbonyl (C=O) groups excluding carboxylic acids is 1. The number of alkyl halides is 1. The van der Waals surface area contributed by atoms with E-state index in [0.29, 0.717) is 12.2 Å². The Kier molecular flexibility index (Phi) is 3.26. The fraction of sp³-hybridized carbons (Fsp3) is 0.400. The lowest BCUT2D eigenvalue weighted by atomic mass is 10.3. The zero-order chi connectivity index (χ0) is 10.8. The maximum absolute atomic E-state index is 12.0. The number of halogens is 2. The highest BCUT2D eigenvalue weighted by atomic mass is 79.9. The molecule has 1 aromatic rings. The lowest BCUT2D eigenvalue weighted by Crippen LogP contribution is -2.29. The molecule has 0 saturated carbocycles.